The molecule has 0 radical (unpaired) electrons. The number of aliphatic hydroxyl groups excluding tert-OH is 1. The number of rotatable bonds is 4. The molecule has 0 atom stereocenters. The van der Waals surface area contributed by atoms with Crippen LogP contribution in [0.25, 0.3) is 0 Å². The van der Waals surface area contributed by atoms with E-state index < -0.39 is 5.41 Å². The van der Waals surface area contributed by atoms with Crippen molar-refractivity contribution in [3.8, 4) is 5.75 Å². The maximum Gasteiger partial charge on any atom is 0.235 e. The van der Waals surface area contributed by atoms with Gasteiger partial charge in [-0.15, -0.1) is 0 Å². The number of hydrogen-bond donors (Lipinski definition) is 1. The molecule has 98 valence electrons. The summed E-state index contributed by atoms with van der Waals surface area (Å²) in [7, 11) is 3.28. The number of anilines is 1. The molecule has 1 amide bonds. The molecular formula is C13H16BrNO3. The fraction of sp³-hybridized carbons (Fsp3) is 0.462. The van der Waals surface area contributed by atoms with Crippen LogP contribution in [0, 0.1) is 5.41 Å². The van der Waals surface area contributed by atoms with E-state index in [4.69, 9.17) is 4.74 Å². The number of ether oxygens (including phenoxy) is 1. The Balaban J connectivity index is 2.31. The molecule has 18 heavy (non-hydrogen) atoms. The molecule has 0 bridgehead atoms. The zero-order valence-corrected chi connectivity index (χ0v) is 12.0. The van der Waals surface area contributed by atoms with E-state index in [-0.39, 0.29) is 12.5 Å². The highest BCUT2D eigenvalue weighted by atomic mass is 79.9. The average molecular weight is 314 g/mol. The average Bonchev–Trinajstić information content (AvgIpc) is 3.18. The summed E-state index contributed by atoms with van der Waals surface area (Å²) < 4.78 is 6.14. The quantitative estimate of drug-likeness (QED) is 0.927. The number of benzene rings is 1. The topological polar surface area (TPSA) is 49.8 Å². The van der Waals surface area contributed by atoms with Gasteiger partial charge in [0.05, 0.1) is 24.8 Å². The smallest absolute Gasteiger partial charge is 0.235 e. The van der Waals surface area contributed by atoms with E-state index in [0.29, 0.717) is 11.4 Å². The molecule has 1 aliphatic carbocycles. The molecule has 0 unspecified atom stereocenters. The molecule has 0 aliphatic heterocycles. The van der Waals surface area contributed by atoms with Crippen LogP contribution in [-0.4, -0.2) is 31.8 Å². The van der Waals surface area contributed by atoms with E-state index in [1.54, 1.807) is 19.1 Å². The van der Waals surface area contributed by atoms with Gasteiger partial charge in [-0.3, -0.25) is 4.79 Å². The predicted molar refractivity (Wildman–Crippen MR) is 72.9 cm³/mol. The SMILES string of the molecule is COc1ccc(Br)cc1N(C)C(=O)C1(CO)CC1. The zero-order valence-electron chi connectivity index (χ0n) is 10.4. The van der Waals surface area contributed by atoms with Crippen molar-refractivity contribution < 1.29 is 14.6 Å². The van der Waals surface area contributed by atoms with Crippen LogP contribution in [0.1, 0.15) is 12.8 Å². The van der Waals surface area contributed by atoms with Crippen LogP contribution in [-0.2, 0) is 4.79 Å². The van der Waals surface area contributed by atoms with Gasteiger partial charge in [-0.25, -0.2) is 0 Å². The minimum absolute atomic E-state index is 0.0543. The second-order valence-electron chi connectivity index (χ2n) is 4.62. The van der Waals surface area contributed by atoms with E-state index in [9.17, 15) is 9.90 Å². The number of halogens is 1. The standard InChI is InChI=1S/C13H16BrNO3/c1-15(12(17)13(8-16)5-6-13)10-7-9(14)3-4-11(10)18-2/h3-4,7,16H,5-6,8H2,1-2H3. The highest BCUT2D eigenvalue weighted by molar-refractivity contribution is 9.10. The molecule has 1 N–H and O–H groups in total. The second-order valence-corrected chi connectivity index (χ2v) is 5.53. The number of carbonyl (C=O) groups is 1. The van der Waals surface area contributed by atoms with Crippen molar-refractivity contribution in [2.24, 2.45) is 5.41 Å². The van der Waals surface area contributed by atoms with Gasteiger partial charge in [0.15, 0.2) is 0 Å². The van der Waals surface area contributed by atoms with Gasteiger partial charge in [0.2, 0.25) is 5.91 Å². The lowest BCUT2D eigenvalue weighted by Crippen LogP contribution is -2.36. The van der Waals surface area contributed by atoms with E-state index in [1.807, 2.05) is 18.2 Å². The van der Waals surface area contributed by atoms with Gasteiger partial charge in [0.25, 0.3) is 0 Å². The summed E-state index contributed by atoms with van der Waals surface area (Å²) in [4.78, 5) is 13.9. The Bertz CT molecular complexity index is 471. The third-order valence-electron chi connectivity index (χ3n) is 3.42. The van der Waals surface area contributed by atoms with Crippen molar-refractivity contribution in [1.29, 1.82) is 0 Å². The highest BCUT2D eigenvalue weighted by Gasteiger charge is 2.51. The molecule has 5 heteroatoms. The normalized spacial score (nSPS) is 16.2. The van der Waals surface area contributed by atoms with Crippen molar-refractivity contribution in [3.05, 3.63) is 22.7 Å². The van der Waals surface area contributed by atoms with Crippen molar-refractivity contribution in [1.82, 2.24) is 0 Å². The van der Waals surface area contributed by atoms with Crippen LogP contribution < -0.4 is 9.64 Å². The number of aliphatic hydroxyl groups is 1. The first-order chi connectivity index (χ1) is 8.54. The summed E-state index contributed by atoms with van der Waals surface area (Å²) in [6.45, 7) is -0.0908. The van der Waals surface area contributed by atoms with E-state index >= 15 is 0 Å². The van der Waals surface area contributed by atoms with Gasteiger partial charge in [0.1, 0.15) is 5.75 Å². The molecule has 1 aromatic carbocycles. The molecule has 1 aliphatic rings. The van der Waals surface area contributed by atoms with Crippen molar-refractivity contribution >= 4 is 27.5 Å². The lowest BCUT2D eigenvalue weighted by Gasteiger charge is -2.24. The molecule has 0 saturated heterocycles. The van der Waals surface area contributed by atoms with Gasteiger partial charge in [-0.1, -0.05) is 15.9 Å². The van der Waals surface area contributed by atoms with Crippen LogP contribution in [0.4, 0.5) is 5.69 Å². The summed E-state index contributed by atoms with van der Waals surface area (Å²) in [5.74, 6) is 0.587. The van der Waals surface area contributed by atoms with Gasteiger partial charge < -0.3 is 14.7 Å². The first-order valence-corrected chi connectivity index (χ1v) is 6.56. The first kappa shape index (κ1) is 13.4. The first-order valence-electron chi connectivity index (χ1n) is 5.76. The molecule has 1 saturated carbocycles. The minimum atomic E-state index is -0.567. The highest BCUT2D eigenvalue weighted by Crippen LogP contribution is 2.47. The fourth-order valence-electron chi connectivity index (χ4n) is 1.98. The van der Waals surface area contributed by atoms with Crippen LogP contribution in [0.15, 0.2) is 22.7 Å². The summed E-state index contributed by atoms with van der Waals surface area (Å²) in [5.41, 5.74) is 0.138. The van der Waals surface area contributed by atoms with Crippen LogP contribution in [0.5, 0.6) is 5.75 Å². The Labute approximate surface area is 115 Å². The van der Waals surface area contributed by atoms with E-state index in [1.165, 1.54) is 0 Å². The predicted octanol–water partition coefficient (Wildman–Crippen LogP) is 2.19. The third kappa shape index (κ3) is 2.24. The molecule has 1 fully saturated rings. The second kappa shape index (κ2) is 4.90. The summed E-state index contributed by atoms with van der Waals surface area (Å²) in [6, 6.07) is 5.51. The van der Waals surface area contributed by atoms with Crippen LogP contribution >= 0.6 is 15.9 Å². The Morgan fingerprint density at radius 1 is 1.56 bits per heavy atom. The van der Waals surface area contributed by atoms with E-state index in [0.717, 1.165) is 17.3 Å². The Morgan fingerprint density at radius 3 is 2.72 bits per heavy atom. The number of carbonyl (C=O) groups excluding carboxylic acids is 1. The largest absolute Gasteiger partial charge is 0.495 e. The van der Waals surface area contributed by atoms with Gasteiger partial charge in [0, 0.05) is 11.5 Å². The van der Waals surface area contributed by atoms with E-state index in [2.05, 4.69) is 15.9 Å². The Morgan fingerprint density at radius 2 is 2.22 bits per heavy atom. The number of amides is 1. The van der Waals surface area contributed by atoms with Crippen molar-refractivity contribution in [3.63, 3.8) is 0 Å². The molecule has 2 rings (SSSR count). The Kier molecular flexibility index (Phi) is 3.64. The number of methoxy groups -OCH3 is 1. The molecule has 0 aromatic heterocycles. The van der Waals surface area contributed by atoms with Gasteiger partial charge >= 0.3 is 0 Å². The third-order valence-corrected chi connectivity index (χ3v) is 3.91. The summed E-state index contributed by atoms with van der Waals surface area (Å²) in [6.07, 6.45) is 1.51. The minimum Gasteiger partial charge on any atom is -0.495 e. The maximum absolute atomic E-state index is 12.3. The lowest BCUT2D eigenvalue weighted by atomic mass is 10.1. The van der Waals surface area contributed by atoms with Gasteiger partial charge in [-0.05, 0) is 31.0 Å². The zero-order chi connectivity index (χ0) is 13.3. The fourth-order valence-corrected chi connectivity index (χ4v) is 2.33. The summed E-state index contributed by atoms with van der Waals surface area (Å²) >= 11 is 3.38. The molecule has 0 heterocycles. The maximum atomic E-state index is 12.3. The number of hydrogen-bond acceptors (Lipinski definition) is 3. The summed E-state index contributed by atoms with van der Waals surface area (Å²) in [5, 5.41) is 9.32. The monoisotopic (exact) mass is 313 g/mol. The lowest BCUT2D eigenvalue weighted by molar-refractivity contribution is -0.124. The van der Waals surface area contributed by atoms with Crippen molar-refractivity contribution in [2.75, 3.05) is 25.7 Å². The van der Waals surface area contributed by atoms with Crippen LogP contribution in [0.2, 0.25) is 0 Å². The van der Waals surface area contributed by atoms with Gasteiger partial charge in [-0.2, -0.15) is 0 Å². The molecule has 0 spiro atoms. The Hall–Kier alpha value is -1.07. The molecular weight excluding hydrogens is 298 g/mol. The molecule has 4 nitrogen and oxygen atoms in total. The van der Waals surface area contributed by atoms with Crippen LogP contribution in [0.3, 0.4) is 0 Å². The molecule has 1 aromatic rings. The van der Waals surface area contributed by atoms with Crippen molar-refractivity contribution in [2.45, 2.75) is 12.8 Å². The number of nitrogens with zero attached hydrogens (tertiary/aromatic N) is 1.